The van der Waals surface area contributed by atoms with Gasteiger partial charge in [0.15, 0.2) is 0 Å². The number of alkyl carbamates (subject to hydrolysis) is 1. The molecule has 0 radical (unpaired) electrons. The van der Waals surface area contributed by atoms with Crippen LogP contribution in [0.15, 0.2) is 30.3 Å². The number of carbonyl (C=O) groups excluding carboxylic acids is 2. The summed E-state index contributed by atoms with van der Waals surface area (Å²) in [6.07, 6.45) is -5.43. The largest absolute Gasteiger partial charge is 0.444 e. The number of halogens is 3. The van der Waals surface area contributed by atoms with Crippen molar-refractivity contribution in [2.45, 2.75) is 38.6 Å². The molecule has 0 heterocycles. The third kappa shape index (κ3) is 7.53. The van der Waals surface area contributed by atoms with Crippen LogP contribution in [0, 0.1) is 0 Å². The molecular weight excluding hydrogens is 313 g/mol. The summed E-state index contributed by atoms with van der Waals surface area (Å²) in [7, 11) is 0. The van der Waals surface area contributed by atoms with Gasteiger partial charge in [-0.15, -0.1) is 0 Å². The maximum absolute atomic E-state index is 12.2. The van der Waals surface area contributed by atoms with Crippen LogP contribution in [0.5, 0.6) is 0 Å². The number of carbonyl (C=O) groups is 2. The van der Waals surface area contributed by atoms with Gasteiger partial charge in [0, 0.05) is 0 Å². The van der Waals surface area contributed by atoms with Gasteiger partial charge in [0.05, 0.1) is 0 Å². The zero-order valence-electron chi connectivity index (χ0n) is 13.0. The van der Waals surface area contributed by atoms with Crippen molar-refractivity contribution < 1.29 is 27.5 Å². The van der Waals surface area contributed by atoms with Crippen molar-refractivity contribution in [1.29, 1.82) is 0 Å². The van der Waals surface area contributed by atoms with Gasteiger partial charge in [0.25, 0.3) is 0 Å². The molecule has 1 atom stereocenters. The van der Waals surface area contributed by atoms with Gasteiger partial charge in [-0.3, -0.25) is 4.79 Å². The maximum Gasteiger partial charge on any atom is 0.408 e. The van der Waals surface area contributed by atoms with E-state index in [1.54, 1.807) is 44.3 Å². The fraction of sp³-hybridized carbons (Fsp3) is 0.467. The minimum absolute atomic E-state index is 0.345. The Morgan fingerprint density at radius 3 is 2.17 bits per heavy atom. The normalized spacial score (nSPS) is 13.1. The van der Waals surface area contributed by atoms with E-state index in [0.29, 0.717) is 5.56 Å². The topological polar surface area (TPSA) is 67.4 Å². The van der Waals surface area contributed by atoms with Crippen LogP contribution in [0.3, 0.4) is 0 Å². The smallest absolute Gasteiger partial charge is 0.408 e. The summed E-state index contributed by atoms with van der Waals surface area (Å²) in [6, 6.07) is 6.66. The molecule has 0 aliphatic carbocycles. The number of amides is 2. The van der Waals surface area contributed by atoms with Crippen molar-refractivity contribution in [3.63, 3.8) is 0 Å². The van der Waals surface area contributed by atoms with Gasteiger partial charge in [0.2, 0.25) is 5.91 Å². The van der Waals surface area contributed by atoms with E-state index in [0.717, 1.165) is 0 Å². The van der Waals surface area contributed by atoms with Crippen LogP contribution in [0.1, 0.15) is 32.4 Å². The van der Waals surface area contributed by atoms with Gasteiger partial charge in [0.1, 0.15) is 18.2 Å². The number of rotatable bonds is 4. The summed E-state index contributed by atoms with van der Waals surface area (Å²) in [5.41, 5.74) is -0.452. The Labute approximate surface area is 132 Å². The minimum atomic E-state index is -4.54. The number of hydrogen-bond donors (Lipinski definition) is 2. The molecule has 5 nitrogen and oxygen atoms in total. The molecular formula is C15H19F3N2O3. The third-order valence-corrected chi connectivity index (χ3v) is 2.52. The van der Waals surface area contributed by atoms with Gasteiger partial charge < -0.3 is 15.4 Å². The van der Waals surface area contributed by atoms with Crippen molar-refractivity contribution in [1.82, 2.24) is 10.6 Å². The second-order valence-corrected chi connectivity index (χ2v) is 5.82. The van der Waals surface area contributed by atoms with E-state index in [2.05, 4.69) is 5.32 Å². The summed E-state index contributed by atoms with van der Waals surface area (Å²) in [6.45, 7) is 3.42. The monoisotopic (exact) mass is 332 g/mol. The van der Waals surface area contributed by atoms with E-state index in [9.17, 15) is 22.8 Å². The number of ether oxygens (including phenoxy) is 1. The van der Waals surface area contributed by atoms with Crippen LogP contribution >= 0.6 is 0 Å². The summed E-state index contributed by atoms with van der Waals surface area (Å²) in [4.78, 5) is 23.8. The highest BCUT2D eigenvalue weighted by Crippen LogP contribution is 2.17. The van der Waals surface area contributed by atoms with Crippen LogP contribution < -0.4 is 10.6 Å². The first-order valence-electron chi connectivity index (χ1n) is 6.87. The fourth-order valence-corrected chi connectivity index (χ4v) is 1.66. The molecule has 0 saturated carbocycles. The molecule has 8 heteroatoms. The van der Waals surface area contributed by atoms with Crippen molar-refractivity contribution in [3.05, 3.63) is 35.9 Å². The highest BCUT2D eigenvalue weighted by molar-refractivity contribution is 5.86. The van der Waals surface area contributed by atoms with Crippen LogP contribution in [0.4, 0.5) is 18.0 Å². The fourth-order valence-electron chi connectivity index (χ4n) is 1.66. The zero-order chi connectivity index (χ0) is 17.7. The van der Waals surface area contributed by atoms with E-state index < -0.39 is 36.4 Å². The second kappa shape index (κ2) is 7.34. The molecule has 1 aromatic carbocycles. The molecule has 1 aromatic rings. The average Bonchev–Trinajstić information content (AvgIpc) is 2.40. The molecule has 0 fully saturated rings. The highest BCUT2D eigenvalue weighted by Gasteiger charge is 2.31. The van der Waals surface area contributed by atoms with Crippen molar-refractivity contribution in [2.24, 2.45) is 0 Å². The lowest BCUT2D eigenvalue weighted by Crippen LogP contribution is -2.44. The second-order valence-electron chi connectivity index (χ2n) is 5.82. The molecule has 0 saturated heterocycles. The van der Waals surface area contributed by atoms with Crippen molar-refractivity contribution >= 4 is 12.0 Å². The van der Waals surface area contributed by atoms with E-state index in [1.807, 2.05) is 0 Å². The molecule has 0 aromatic heterocycles. The lowest BCUT2D eigenvalue weighted by atomic mass is 10.1. The third-order valence-electron chi connectivity index (χ3n) is 2.52. The predicted octanol–water partition coefficient (Wildman–Crippen LogP) is 2.93. The van der Waals surface area contributed by atoms with E-state index in [1.165, 1.54) is 12.1 Å². The Balaban J connectivity index is 2.86. The molecule has 1 rings (SSSR count). The Hall–Kier alpha value is -2.25. The number of alkyl halides is 3. The van der Waals surface area contributed by atoms with Crippen molar-refractivity contribution in [3.8, 4) is 0 Å². The lowest BCUT2D eigenvalue weighted by Gasteiger charge is -2.23. The molecule has 0 unspecified atom stereocenters. The quantitative estimate of drug-likeness (QED) is 0.891. The van der Waals surface area contributed by atoms with Crippen molar-refractivity contribution in [2.75, 3.05) is 6.54 Å². The minimum Gasteiger partial charge on any atom is -0.444 e. The average molecular weight is 332 g/mol. The molecule has 0 aliphatic rings. The van der Waals surface area contributed by atoms with Crippen LogP contribution in [-0.4, -0.2) is 30.3 Å². The summed E-state index contributed by atoms with van der Waals surface area (Å²) >= 11 is 0. The predicted molar refractivity (Wildman–Crippen MR) is 77.6 cm³/mol. The maximum atomic E-state index is 12.2. The molecule has 23 heavy (non-hydrogen) atoms. The van der Waals surface area contributed by atoms with E-state index >= 15 is 0 Å². The van der Waals surface area contributed by atoms with Gasteiger partial charge in [-0.2, -0.15) is 13.2 Å². The summed E-state index contributed by atoms with van der Waals surface area (Å²) in [5.74, 6) is -0.973. The number of benzene rings is 1. The molecule has 0 aliphatic heterocycles. The van der Waals surface area contributed by atoms with Gasteiger partial charge in [-0.25, -0.2) is 4.79 Å². The number of hydrogen-bond acceptors (Lipinski definition) is 3. The molecule has 0 bridgehead atoms. The highest BCUT2D eigenvalue weighted by atomic mass is 19.4. The molecule has 2 N–H and O–H groups in total. The van der Waals surface area contributed by atoms with Gasteiger partial charge in [-0.1, -0.05) is 30.3 Å². The molecule has 0 spiro atoms. The van der Waals surface area contributed by atoms with Gasteiger partial charge >= 0.3 is 12.3 Å². The lowest BCUT2D eigenvalue weighted by molar-refractivity contribution is -0.139. The molecule has 128 valence electrons. The van der Waals surface area contributed by atoms with Gasteiger partial charge in [-0.05, 0) is 26.3 Å². The Morgan fingerprint density at radius 1 is 1.13 bits per heavy atom. The van der Waals surface area contributed by atoms with E-state index in [-0.39, 0.29) is 0 Å². The first kappa shape index (κ1) is 18.8. The first-order valence-corrected chi connectivity index (χ1v) is 6.87. The van der Waals surface area contributed by atoms with Crippen LogP contribution in [0.2, 0.25) is 0 Å². The summed E-state index contributed by atoms with van der Waals surface area (Å²) in [5, 5.41) is 4.04. The molecule has 2 amide bonds. The Kier molecular flexibility index (Phi) is 6.00. The van der Waals surface area contributed by atoms with Crippen LogP contribution in [0.25, 0.3) is 0 Å². The Morgan fingerprint density at radius 2 is 1.70 bits per heavy atom. The summed E-state index contributed by atoms with van der Waals surface area (Å²) < 4.78 is 41.8. The zero-order valence-corrected chi connectivity index (χ0v) is 13.0. The van der Waals surface area contributed by atoms with Crippen LogP contribution in [-0.2, 0) is 9.53 Å². The standard InChI is InChI=1S/C15H19F3N2O3/c1-14(2,3)23-13(22)20-11(10-7-5-4-6-8-10)12(21)19-9-15(16,17)18/h4-8,11H,9H2,1-3H3,(H,19,21)(H,20,22)/t11-/m0/s1. The Bertz CT molecular complexity index is 539. The number of nitrogens with one attached hydrogen (secondary N) is 2. The van der Waals surface area contributed by atoms with E-state index in [4.69, 9.17) is 4.74 Å². The SMILES string of the molecule is CC(C)(C)OC(=O)N[C@H](C(=O)NCC(F)(F)F)c1ccccc1. The first-order chi connectivity index (χ1) is 10.5.